The summed E-state index contributed by atoms with van der Waals surface area (Å²) in [5, 5.41) is 2.80. The number of nitrogens with one attached hydrogen (secondary N) is 1. The standard InChI is InChI=1S/C17H24N2O3S/c1-11(2)12(3)19(14-5-6-14)23(21,22)15-7-8-16-13(10-15)4-9-17(20)18-16/h7-8,10-12,14H,4-6,9H2,1-3H3,(H,18,20)/t12-/m1/s1. The molecule has 126 valence electrons. The third kappa shape index (κ3) is 3.15. The SMILES string of the molecule is CC(C)[C@@H](C)N(C1CC1)S(=O)(=O)c1ccc2c(c1)CCC(=O)N2. The fourth-order valence-electron chi connectivity index (χ4n) is 3.01. The van der Waals surface area contributed by atoms with E-state index in [1.165, 1.54) is 0 Å². The van der Waals surface area contributed by atoms with Crippen LogP contribution in [-0.2, 0) is 21.2 Å². The number of nitrogens with zero attached hydrogens (tertiary/aromatic N) is 1. The second-order valence-corrected chi connectivity index (χ2v) is 8.76. The van der Waals surface area contributed by atoms with Crippen LogP contribution in [0.5, 0.6) is 0 Å². The molecule has 5 nitrogen and oxygen atoms in total. The van der Waals surface area contributed by atoms with Crippen LogP contribution in [0, 0.1) is 5.92 Å². The normalized spacial score (nSPS) is 19.6. The van der Waals surface area contributed by atoms with Crippen molar-refractivity contribution in [2.75, 3.05) is 5.32 Å². The predicted octanol–water partition coefficient (Wildman–Crippen LogP) is 2.77. The molecule has 1 aromatic rings. The third-order valence-corrected chi connectivity index (χ3v) is 6.86. The molecule has 0 saturated heterocycles. The second kappa shape index (κ2) is 5.91. The number of benzene rings is 1. The summed E-state index contributed by atoms with van der Waals surface area (Å²) >= 11 is 0. The van der Waals surface area contributed by atoms with E-state index in [9.17, 15) is 13.2 Å². The zero-order chi connectivity index (χ0) is 16.8. The summed E-state index contributed by atoms with van der Waals surface area (Å²) in [7, 11) is -3.51. The molecule has 1 amide bonds. The molecule has 0 unspecified atom stereocenters. The Bertz CT molecular complexity index is 723. The smallest absolute Gasteiger partial charge is 0.243 e. The minimum absolute atomic E-state index is 0.0128. The summed E-state index contributed by atoms with van der Waals surface area (Å²) in [6, 6.07) is 5.16. The Balaban J connectivity index is 1.97. The van der Waals surface area contributed by atoms with Crippen molar-refractivity contribution < 1.29 is 13.2 Å². The highest BCUT2D eigenvalue weighted by atomic mass is 32.2. The van der Waals surface area contributed by atoms with Crippen LogP contribution in [0.25, 0.3) is 0 Å². The Morgan fingerprint density at radius 3 is 2.48 bits per heavy atom. The van der Waals surface area contributed by atoms with Gasteiger partial charge >= 0.3 is 0 Å². The number of carbonyl (C=O) groups excluding carboxylic acids is 1. The van der Waals surface area contributed by atoms with Crippen LogP contribution in [0.3, 0.4) is 0 Å². The fourth-order valence-corrected chi connectivity index (χ4v) is 5.07. The van der Waals surface area contributed by atoms with E-state index in [-0.39, 0.29) is 23.9 Å². The summed E-state index contributed by atoms with van der Waals surface area (Å²) in [5.74, 6) is 0.253. The largest absolute Gasteiger partial charge is 0.326 e. The molecule has 0 bridgehead atoms. The van der Waals surface area contributed by atoms with Crippen LogP contribution >= 0.6 is 0 Å². The number of amides is 1. The monoisotopic (exact) mass is 336 g/mol. The van der Waals surface area contributed by atoms with E-state index < -0.39 is 10.0 Å². The molecule has 3 rings (SSSR count). The van der Waals surface area contributed by atoms with Gasteiger partial charge in [-0.05, 0) is 55.9 Å². The lowest BCUT2D eigenvalue weighted by Crippen LogP contribution is -2.43. The molecular formula is C17H24N2O3S. The van der Waals surface area contributed by atoms with Gasteiger partial charge in [0.1, 0.15) is 0 Å². The lowest BCUT2D eigenvalue weighted by molar-refractivity contribution is -0.116. The highest BCUT2D eigenvalue weighted by Gasteiger charge is 2.42. The number of fused-ring (bicyclic) bond motifs is 1. The van der Waals surface area contributed by atoms with Gasteiger partial charge in [0, 0.05) is 24.2 Å². The first-order valence-corrected chi connectivity index (χ1v) is 9.71. The molecule has 1 aliphatic carbocycles. The summed E-state index contributed by atoms with van der Waals surface area (Å²) in [6.45, 7) is 6.09. The van der Waals surface area contributed by atoms with Crippen molar-refractivity contribution in [3.8, 4) is 0 Å². The van der Waals surface area contributed by atoms with Crippen LogP contribution in [0.4, 0.5) is 5.69 Å². The molecule has 1 aliphatic heterocycles. The number of aryl methyl sites for hydroxylation is 1. The van der Waals surface area contributed by atoms with Gasteiger partial charge in [0.05, 0.1) is 4.90 Å². The summed E-state index contributed by atoms with van der Waals surface area (Å²) in [4.78, 5) is 11.8. The number of hydrogen-bond donors (Lipinski definition) is 1. The third-order valence-electron chi connectivity index (χ3n) is 4.82. The molecule has 1 aromatic carbocycles. The van der Waals surface area contributed by atoms with E-state index in [1.807, 2.05) is 6.92 Å². The Labute approximate surface area is 138 Å². The first-order valence-electron chi connectivity index (χ1n) is 8.27. The first-order chi connectivity index (χ1) is 10.8. The zero-order valence-electron chi connectivity index (χ0n) is 13.9. The number of carbonyl (C=O) groups is 1. The van der Waals surface area contributed by atoms with E-state index in [2.05, 4.69) is 19.2 Å². The number of sulfonamides is 1. The molecule has 6 heteroatoms. The molecule has 1 fully saturated rings. The number of hydrogen-bond acceptors (Lipinski definition) is 3. The summed E-state index contributed by atoms with van der Waals surface area (Å²) in [5.41, 5.74) is 1.63. The van der Waals surface area contributed by atoms with Crippen molar-refractivity contribution in [3.05, 3.63) is 23.8 Å². The molecule has 1 saturated carbocycles. The fraction of sp³-hybridized carbons (Fsp3) is 0.588. The minimum Gasteiger partial charge on any atom is -0.326 e. The van der Waals surface area contributed by atoms with Crippen molar-refractivity contribution in [3.63, 3.8) is 0 Å². The van der Waals surface area contributed by atoms with Gasteiger partial charge in [0.25, 0.3) is 0 Å². The van der Waals surface area contributed by atoms with Gasteiger partial charge in [-0.2, -0.15) is 4.31 Å². The molecule has 1 N–H and O–H groups in total. The molecule has 2 aliphatic rings. The van der Waals surface area contributed by atoms with Gasteiger partial charge < -0.3 is 5.32 Å². The van der Waals surface area contributed by atoms with Gasteiger partial charge in [-0.25, -0.2) is 8.42 Å². The Morgan fingerprint density at radius 2 is 1.87 bits per heavy atom. The van der Waals surface area contributed by atoms with Crippen LogP contribution < -0.4 is 5.32 Å². The maximum absolute atomic E-state index is 13.1. The van der Waals surface area contributed by atoms with Gasteiger partial charge in [-0.15, -0.1) is 0 Å². The van der Waals surface area contributed by atoms with Gasteiger partial charge in [-0.3, -0.25) is 4.79 Å². The van der Waals surface area contributed by atoms with Gasteiger partial charge in [0.15, 0.2) is 0 Å². The summed E-state index contributed by atoms with van der Waals surface area (Å²) < 4.78 is 28.0. The average molecular weight is 336 g/mol. The molecule has 0 spiro atoms. The number of rotatable bonds is 5. The Kier molecular flexibility index (Phi) is 4.23. The van der Waals surface area contributed by atoms with E-state index in [4.69, 9.17) is 0 Å². The zero-order valence-corrected chi connectivity index (χ0v) is 14.7. The van der Waals surface area contributed by atoms with E-state index >= 15 is 0 Å². The van der Waals surface area contributed by atoms with E-state index in [0.29, 0.717) is 17.7 Å². The molecule has 23 heavy (non-hydrogen) atoms. The van der Waals surface area contributed by atoms with Crippen LogP contribution in [-0.4, -0.2) is 30.7 Å². The van der Waals surface area contributed by atoms with Gasteiger partial charge in [0.2, 0.25) is 15.9 Å². The molecule has 0 radical (unpaired) electrons. The van der Waals surface area contributed by atoms with Crippen molar-refractivity contribution in [2.45, 2.75) is 63.4 Å². The lowest BCUT2D eigenvalue weighted by atomic mass is 10.0. The van der Waals surface area contributed by atoms with Crippen molar-refractivity contribution in [1.82, 2.24) is 4.31 Å². The van der Waals surface area contributed by atoms with Crippen molar-refractivity contribution in [2.24, 2.45) is 5.92 Å². The molecular weight excluding hydrogens is 312 g/mol. The maximum atomic E-state index is 13.1. The summed E-state index contributed by atoms with van der Waals surface area (Å²) in [6.07, 6.45) is 2.88. The highest BCUT2D eigenvalue weighted by Crippen LogP contribution is 2.36. The minimum atomic E-state index is -3.51. The second-order valence-electron chi connectivity index (χ2n) is 6.92. The lowest BCUT2D eigenvalue weighted by Gasteiger charge is -2.31. The molecule has 1 heterocycles. The first kappa shape index (κ1) is 16.5. The Hall–Kier alpha value is -1.40. The highest BCUT2D eigenvalue weighted by molar-refractivity contribution is 7.89. The number of anilines is 1. The maximum Gasteiger partial charge on any atom is 0.243 e. The quantitative estimate of drug-likeness (QED) is 0.899. The molecule has 1 atom stereocenters. The Morgan fingerprint density at radius 1 is 1.17 bits per heavy atom. The van der Waals surface area contributed by atoms with Gasteiger partial charge in [-0.1, -0.05) is 13.8 Å². The molecule has 0 aromatic heterocycles. The van der Waals surface area contributed by atoms with Crippen molar-refractivity contribution in [1.29, 1.82) is 0 Å². The van der Waals surface area contributed by atoms with E-state index in [0.717, 1.165) is 24.1 Å². The van der Waals surface area contributed by atoms with E-state index in [1.54, 1.807) is 22.5 Å². The topological polar surface area (TPSA) is 66.5 Å². The van der Waals surface area contributed by atoms with Crippen LogP contribution in [0.1, 0.15) is 45.6 Å². The van der Waals surface area contributed by atoms with Crippen molar-refractivity contribution >= 4 is 21.6 Å². The van der Waals surface area contributed by atoms with Crippen LogP contribution in [0.15, 0.2) is 23.1 Å². The van der Waals surface area contributed by atoms with Crippen LogP contribution in [0.2, 0.25) is 0 Å². The predicted molar refractivity (Wildman–Crippen MR) is 89.7 cm³/mol. The average Bonchev–Trinajstić information content (AvgIpc) is 3.30.